The van der Waals surface area contributed by atoms with Gasteiger partial charge in [-0.1, -0.05) is 44.2 Å². The Kier molecular flexibility index (Phi) is 5.43. The zero-order valence-corrected chi connectivity index (χ0v) is 15.5. The van der Waals surface area contributed by atoms with E-state index in [1.807, 2.05) is 30.3 Å². The second-order valence-electron chi connectivity index (χ2n) is 5.85. The molecule has 8 heteroatoms. The first-order valence-corrected chi connectivity index (χ1v) is 9.33. The first-order valence-electron chi connectivity index (χ1n) is 8.51. The van der Waals surface area contributed by atoms with Crippen molar-refractivity contribution in [1.82, 2.24) is 14.5 Å². The van der Waals surface area contributed by atoms with Gasteiger partial charge in [-0.05, 0) is 24.4 Å². The average molecular weight is 372 g/mol. The van der Waals surface area contributed by atoms with Crippen LogP contribution in [0.5, 0.6) is 0 Å². The predicted molar refractivity (Wildman–Crippen MR) is 104 cm³/mol. The van der Waals surface area contributed by atoms with Crippen molar-refractivity contribution in [3.63, 3.8) is 0 Å². The van der Waals surface area contributed by atoms with Crippen LogP contribution >= 0.6 is 11.3 Å². The maximum Gasteiger partial charge on any atom is 0.349 e. The lowest BCUT2D eigenvalue weighted by Crippen LogP contribution is -2.32. The SMILES string of the molecule is CCN(CC)CCn1c(=O)nc(-c2ccccc2)c2cc([N+](=O)[O-])sc21. The van der Waals surface area contributed by atoms with Crippen LogP contribution in [-0.4, -0.2) is 39.0 Å². The minimum Gasteiger partial charge on any atom is -0.302 e. The van der Waals surface area contributed by atoms with Crippen LogP contribution in [0, 0.1) is 10.1 Å². The summed E-state index contributed by atoms with van der Waals surface area (Å²) in [7, 11) is 0. The quantitative estimate of drug-likeness (QED) is 0.469. The fraction of sp³-hybridized carbons (Fsp3) is 0.333. The molecule has 3 aromatic rings. The Morgan fingerprint density at radius 1 is 1.23 bits per heavy atom. The molecule has 7 nitrogen and oxygen atoms in total. The molecule has 2 heterocycles. The molecule has 0 radical (unpaired) electrons. The highest BCUT2D eigenvalue weighted by Gasteiger charge is 2.20. The van der Waals surface area contributed by atoms with Crippen molar-refractivity contribution in [3.8, 4) is 11.3 Å². The summed E-state index contributed by atoms with van der Waals surface area (Å²) in [5.74, 6) is 0. The van der Waals surface area contributed by atoms with Gasteiger partial charge in [-0.15, -0.1) is 0 Å². The number of thiophene rings is 1. The summed E-state index contributed by atoms with van der Waals surface area (Å²) >= 11 is 1.03. The molecular weight excluding hydrogens is 352 g/mol. The summed E-state index contributed by atoms with van der Waals surface area (Å²) in [6.07, 6.45) is 0. The second-order valence-corrected chi connectivity index (χ2v) is 6.86. The van der Waals surface area contributed by atoms with E-state index in [2.05, 4.69) is 23.7 Å². The molecule has 0 saturated heterocycles. The number of aromatic nitrogens is 2. The van der Waals surface area contributed by atoms with Crippen molar-refractivity contribution < 1.29 is 4.92 Å². The van der Waals surface area contributed by atoms with Crippen molar-refractivity contribution in [2.75, 3.05) is 19.6 Å². The van der Waals surface area contributed by atoms with Crippen LogP contribution in [0.25, 0.3) is 21.5 Å². The van der Waals surface area contributed by atoms with Crippen molar-refractivity contribution in [2.24, 2.45) is 0 Å². The second kappa shape index (κ2) is 7.76. The van der Waals surface area contributed by atoms with Crippen LogP contribution in [0.3, 0.4) is 0 Å². The van der Waals surface area contributed by atoms with Crippen LogP contribution in [0.2, 0.25) is 0 Å². The molecule has 1 aromatic carbocycles. The molecule has 26 heavy (non-hydrogen) atoms. The maximum atomic E-state index is 12.7. The molecule has 136 valence electrons. The van der Waals surface area contributed by atoms with Crippen molar-refractivity contribution >= 4 is 26.6 Å². The summed E-state index contributed by atoms with van der Waals surface area (Å²) in [4.78, 5) is 30.6. The molecule has 2 aromatic heterocycles. The van der Waals surface area contributed by atoms with Gasteiger partial charge in [0.2, 0.25) is 0 Å². The molecule has 0 N–H and O–H groups in total. The molecule has 0 aliphatic heterocycles. The first kappa shape index (κ1) is 18.2. The standard InChI is InChI=1S/C18H20N4O3S/c1-3-20(4-2)10-11-21-17-14(12-15(26-17)22(24)25)16(19-18(21)23)13-8-6-5-7-9-13/h5-9,12H,3-4,10-11H2,1-2H3. The molecule has 0 spiro atoms. The Bertz CT molecular complexity index is 977. The number of fused-ring (bicyclic) bond motifs is 1. The van der Waals surface area contributed by atoms with Gasteiger partial charge in [0.15, 0.2) is 0 Å². The van der Waals surface area contributed by atoms with Crippen molar-refractivity contribution in [3.05, 3.63) is 57.0 Å². The predicted octanol–water partition coefficient (Wildman–Crippen LogP) is 3.38. The number of nitro groups is 1. The summed E-state index contributed by atoms with van der Waals surface area (Å²) in [6.45, 7) is 7.04. The topological polar surface area (TPSA) is 81.3 Å². The van der Waals surface area contributed by atoms with Gasteiger partial charge in [-0.3, -0.25) is 14.7 Å². The first-order chi connectivity index (χ1) is 12.5. The van der Waals surface area contributed by atoms with Gasteiger partial charge in [0.1, 0.15) is 4.83 Å². The molecular formula is C18H20N4O3S. The normalized spacial score (nSPS) is 11.3. The summed E-state index contributed by atoms with van der Waals surface area (Å²) in [5, 5.41) is 11.9. The fourth-order valence-electron chi connectivity index (χ4n) is 2.93. The summed E-state index contributed by atoms with van der Waals surface area (Å²) in [5.41, 5.74) is 0.896. The Morgan fingerprint density at radius 3 is 2.54 bits per heavy atom. The number of nitrogens with zero attached hydrogens (tertiary/aromatic N) is 4. The lowest BCUT2D eigenvalue weighted by Gasteiger charge is -2.18. The highest BCUT2D eigenvalue weighted by molar-refractivity contribution is 7.21. The third-order valence-corrected chi connectivity index (χ3v) is 5.51. The Hall–Kier alpha value is -2.58. The number of rotatable bonds is 7. The van der Waals surface area contributed by atoms with Crippen LogP contribution in [0.4, 0.5) is 5.00 Å². The van der Waals surface area contributed by atoms with E-state index in [1.165, 1.54) is 6.07 Å². The molecule has 0 bridgehead atoms. The molecule has 0 fully saturated rings. The van der Waals surface area contributed by atoms with Crippen LogP contribution in [0.1, 0.15) is 13.8 Å². The molecule has 0 unspecified atom stereocenters. The lowest BCUT2D eigenvalue weighted by atomic mass is 10.1. The zero-order valence-electron chi connectivity index (χ0n) is 14.7. The third kappa shape index (κ3) is 3.51. The fourth-order valence-corrected chi connectivity index (χ4v) is 3.92. The molecule has 0 atom stereocenters. The molecule has 0 aliphatic carbocycles. The van der Waals surface area contributed by atoms with E-state index in [1.54, 1.807) is 4.57 Å². The van der Waals surface area contributed by atoms with Crippen LogP contribution in [-0.2, 0) is 6.54 Å². The van der Waals surface area contributed by atoms with E-state index in [0.717, 1.165) is 30.0 Å². The van der Waals surface area contributed by atoms with Gasteiger partial charge < -0.3 is 4.90 Å². The highest BCUT2D eigenvalue weighted by Crippen LogP contribution is 2.35. The minimum absolute atomic E-state index is 0.0150. The van der Waals surface area contributed by atoms with E-state index in [-0.39, 0.29) is 10.7 Å². The molecule has 3 rings (SSSR count). The van der Waals surface area contributed by atoms with E-state index in [9.17, 15) is 14.9 Å². The average Bonchev–Trinajstić information content (AvgIpc) is 3.10. The Morgan fingerprint density at radius 2 is 1.92 bits per heavy atom. The van der Waals surface area contributed by atoms with Crippen molar-refractivity contribution in [1.29, 1.82) is 0 Å². The van der Waals surface area contributed by atoms with Crippen LogP contribution < -0.4 is 5.69 Å². The van der Waals surface area contributed by atoms with Gasteiger partial charge >= 0.3 is 10.7 Å². The molecule has 0 amide bonds. The largest absolute Gasteiger partial charge is 0.349 e. The highest BCUT2D eigenvalue weighted by atomic mass is 32.1. The summed E-state index contributed by atoms with van der Waals surface area (Å²) in [6, 6.07) is 10.8. The van der Waals surface area contributed by atoms with Gasteiger partial charge in [-0.25, -0.2) is 4.79 Å². The Balaban J connectivity index is 2.16. The Labute approximate surface area is 154 Å². The van der Waals surface area contributed by atoms with Gasteiger partial charge in [0, 0.05) is 30.1 Å². The third-order valence-electron chi connectivity index (χ3n) is 4.40. The summed E-state index contributed by atoms with van der Waals surface area (Å²) < 4.78 is 1.55. The molecule has 0 aliphatic rings. The van der Waals surface area contributed by atoms with Crippen LogP contribution in [0.15, 0.2) is 41.2 Å². The van der Waals surface area contributed by atoms with Crippen molar-refractivity contribution in [2.45, 2.75) is 20.4 Å². The zero-order chi connectivity index (χ0) is 18.7. The number of likely N-dealkylation sites (N-methyl/N-ethyl adjacent to an activating group) is 1. The minimum atomic E-state index is -0.418. The number of benzene rings is 1. The lowest BCUT2D eigenvalue weighted by molar-refractivity contribution is -0.380. The van der Waals surface area contributed by atoms with E-state index < -0.39 is 4.92 Å². The monoisotopic (exact) mass is 372 g/mol. The van der Waals surface area contributed by atoms with Gasteiger partial charge in [0.25, 0.3) is 0 Å². The maximum absolute atomic E-state index is 12.7. The molecule has 0 saturated carbocycles. The number of hydrogen-bond acceptors (Lipinski definition) is 6. The van der Waals surface area contributed by atoms with E-state index in [0.29, 0.717) is 29.0 Å². The number of hydrogen-bond donors (Lipinski definition) is 0. The van der Waals surface area contributed by atoms with Gasteiger partial charge in [-0.2, -0.15) is 4.98 Å². The smallest absolute Gasteiger partial charge is 0.302 e. The van der Waals surface area contributed by atoms with E-state index in [4.69, 9.17) is 0 Å². The van der Waals surface area contributed by atoms with E-state index >= 15 is 0 Å². The van der Waals surface area contributed by atoms with Gasteiger partial charge in [0.05, 0.1) is 10.6 Å².